The third kappa shape index (κ3) is 4.11. The van der Waals surface area contributed by atoms with Crippen LogP contribution >= 0.6 is 11.6 Å². The molecule has 106 valence electrons. The average molecular weight is 294 g/mol. The van der Waals surface area contributed by atoms with E-state index in [1.165, 1.54) is 0 Å². The summed E-state index contributed by atoms with van der Waals surface area (Å²) in [4.78, 5) is 11.8. The minimum atomic E-state index is -0.835. The quantitative estimate of drug-likeness (QED) is 0.891. The monoisotopic (exact) mass is 293 g/mol. The molecule has 20 heavy (non-hydrogen) atoms. The summed E-state index contributed by atoms with van der Waals surface area (Å²) in [5.74, 6) is 1.02. The molecule has 1 aromatic heterocycles. The van der Waals surface area contributed by atoms with Gasteiger partial charge in [-0.1, -0.05) is 23.7 Å². The first-order chi connectivity index (χ1) is 9.54. The summed E-state index contributed by atoms with van der Waals surface area (Å²) in [6.07, 6.45) is -0.584. The van der Waals surface area contributed by atoms with E-state index in [9.17, 15) is 9.90 Å². The fourth-order valence-electron chi connectivity index (χ4n) is 1.79. The van der Waals surface area contributed by atoms with E-state index < -0.39 is 6.10 Å². The normalized spacial score (nSPS) is 12.2. The van der Waals surface area contributed by atoms with Crippen LogP contribution in [0.4, 0.5) is 0 Å². The number of furan rings is 1. The van der Waals surface area contributed by atoms with Gasteiger partial charge in [0, 0.05) is 5.02 Å². The van der Waals surface area contributed by atoms with Crippen LogP contribution in [0.5, 0.6) is 0 Å². The minimum absolute atomic E-state index is 0.124. The summed E-state index contributed by atoms with van der Waals surface area (Å²) in [6, 6.07) is 10.6. The van der Waals surface area contributed by atoms with Crippen LogP contribution in [0, 0.1) is 6.92 Å². The van der Waals surface area contributed by atoms with Gasteiger partial charge in [0.2, 0.25) is 5.91 Å². The van der Waals surface area contributed by atoms with Crippen molar-refractivity contribution in [2.75, 3.05) is 6.54 Å². The molecule has 1 amide bonds. The Balaban J connectivity index is 1.81. The number of rotatable bonds is 5. The van der Waals surface area contributed by atoms with Gasteiger partial charge in [-0.15, -0.1) is 0 Å². The summed E-state index contributed by atoms with van der Waals surface area (Å²) in [7, 11) is 0. The van der Waals surface area contributed by atoms with Crippen molar-refractivity contribution < 1.29 is 14.3 Å². The molecular weight excluding hydrogens is 278 g/mol. The Morgan fingerprint density at radius 3 is 2.60 bits per heavy atom. The summed E-state index contributed by atoms with van der Waals surface area (Å²) in [6.45, 7) is 1.93. The largest absolute Gasteiger partial charge is 0.464 e. The lowest BCUT2D eigenvalue weighted by Crippen LogP contribution is -2.29. The Labute approximate surface area is 122 Å². The molecule has 0 aliphatic rings. The molecule has 0 radical (unpaired) electrons. The highest BCUT2D eigenvalue weighted by molar-refractivity contribution is 6.30. The summed E-state index contributed by atoms with van der Waals surface area (Å²) in [5, 5.41) is 13.2. The van der Waals surface area contributed by atoms with Crippen LogP contribution in [0.25, 0.3) is 0 Å². The SMILES string of the molecule is Cc1ccc(C(O)CNC(=O)Cc2ccc(Cl)cc2)o1. The fraction of sp³-hybridized carbons (Fsp3) is 0.267. The molecule has 2 aromatic rings. The summed E-state index contributed by atoms with van der Waals surface area (Å²) in [5.41, 5.74) is 0.871. The average Bonchev–Trinajstić information content (AvgIpc) is 2.85. The molecule has 0 bridgehead atoms. The molecule has 0 fully saturated rings. The van der Waals surface area contributed by atoms with Crippen molar-refractivity contribution in [3.63, 3.8) is 0 Å². The number of nitrogens with one attached hydrogen (secondary N) is 1. The number of aliphatic hydroxyl groups is 1. The van der Waals surface area contributed by atoms with Crippen LogP contribution < -0.4 is 5.32 Å². The van der Waals surface area contributed by atoms with Crippen molar-refractivity contribution in [2.45, 2.75) is 19.4 Å². The molecule has 5 heteroatoms. The zero-order valence-electron chi connectivity index (χ0n) is 11.1. The first-order valence-corrected chi connectivity index (χ1v) is 6.68. The number of halogens is 1. The maximum absolute atomic E-state index is 11.8. The van der Waals surface area contributed by atoms with E-state index in [0.29, 0.717) is 10.8 Å². The van der Waals surface area contributed by atoms with Gasteiger partial charge < -0.3 is 14.8 Å². The van der Waals surface area contributed by atoms with Gasteiger partial charge in [0.1, 0.15) is 17.6 Å². The smallest absolute Gasteiger partial charge is 0.224 e. The van der Waals surface area contributed by atoms with Crippen molar-refractivity contribution >= 4 is 17.5 Å². The Kier molecular flexibility index (Phi) is 4.82. The highest BCUT2D eigenvalue weighted by atomic mass is 35.5. The summed E-state index contributed by atoms with van der Waals surface area (Å²) < 4.78 is 5.29. The van der Waals surface area contributed by atoms with Crippen LogP contribution in [0.3, 0.4) is 0 Å². The van der Waals surface area contributed by atoms with Gasteiger partial charge in [-0.3, -0.25) is 4.79 Å². The van der Waals surface area contributed by atoms with Crippen LogP contribution in [-0.4, -0.2) is 17.6 Å². The number of aliphatic hydroxyl groups excluding tert-OH is 1. The van der Waals surface area contributed by atoms with Gasteiger partial charge in [0.25, 0.3) is 0 Å². The molecule has 0 spiro atoms. The first-order valence-electron chi connectivity index (χ1n) is 6.30. The van der Waals surface area contributed by atoms with E-state index in [1.54, 1.807) is 43.3 Å². The molecular formula is C15H16ClNO3. The van der Waals surface area contributed by atoms with Crippen LogP contribution in [0.1, 0.15) is 23.2 Å². The van der Waals surface area contributed by atoms with E-state index >= 15 is 0 Å². The predicted octanol–water partition coefficient (Wildman–Crippen LogP) is 2.63. The van der Waals surface area contributed by atoms with Crippen molar-refractivity contribution in [1.82, 2.24) is 5.32 Å². The van der Waals surface area contributed by atoms with Gasteiger partial charge in [-0.2, -0.15) is 0 Å². The molecule has 2 N–H and O–H groups in total. The third-order valence-corrected chi connectivity index (χ3v) is 3.11. The number of hydrogen-bond donors (Lipinski definition) is 2. The molecule has 0 saturated carbocycles. The Morgan fingerprint density at radius 1 is 1.30 bits per heavy atom. The lowest BCUT2D eigenvalue weighted by atomic mass is 10.1. The predicted molar refractivity (Wildman–Crippen MR) is 76.6 cm³/mol. The van der Waals surface area contributed by atoms with Gasteiger partial charge in [0.05, 0.1) is 13.0 Å². The van der Waals surface area contributed by atoms with Crippen molar-refractivity contribution in [2.24, 2.45) is 0 Å². The van der Waals surface area contributed by atoms with E-state index in [1.807, 2.05) is 0 Å². The van der Waals surface area contributed by atoms with Crippen molar-refractivity contribution in [3.8, 4) is 0 Å². The topological polar surface area (TPSA) is 62.5 Å². The highest BCUT2D eigenvalue weighted by Crippen LogP contribution is 2.15. The van der Waals surface area contributed by atoms with Gasteiger partial charge in [-0.25, -0.2) is 0 Å². The number of carbonyl (C=O) groups is 1. The first kappa shape index (κ1) is 14.6. The fourth-order valence-corrected chi connectivity index (χ4v) is 1.92. The van der Waals surface area contributed by atoms with Gasteiger partial charge in [0.15, 0.2) is 0 Å². The molecule has 0 saturated heterocycles. The Morgan fingerprint density at radius 2 is 2.00 bits per heavy atom. The number of amides is 1. The number of hydrogen-bond acceptors (Lipinski definition) is 3. The molecule has 4 nitrogen and oxygen atoms in total. The molecule has 1 heterocycles. The second kappa shape index (κ2) is 6.59. The second-order valence-corrected chi connectivity index (χ2v) is 5.01. The van der Waals surface area contributed by atoms with Crippen LogP contribution in [0.15, 0.2) is 40.8 Å². The zero-order chi connectivity index (χ0) is 14.5. The number of benzene rings is 1. The number of aryl methyl sites for hydroxylation is 1. The Bertz CT molecular complexity index is 577. The standard InChI is InChI=1S/C15H16ClNO3/c1-10-2-7-14(20-10)13(18)9-17-15(19)8-11-3-5-12(16)6-4-11/h2-7,13,18H,8-9H2,1H3,(H,17,19). The highest BCUT2D eigenvalue weighted by Gasteiger charge is 2.13. The maximum Gasteiger partial charge on any atom is 0.224 e. The molecule has 1 aromatic carbocycles. The minimum Gasteiger partial charge on any atom is -0.464 e. The molecule has 2 rings (SSSR count). The van der Waals surface area contributed by atoms with E-state index in [-0.39, 0.29) is 18.9 Å². The maximum atomic E-state index is 11.8. The molecule has 0 aliphatic heterocycles. The van der Waals surface area contributed by atoms with Gasteiger partial charge in [-0.05, 0) is 36.8 Å². The lowest BCUT2D eigenvalue weighted by molar-refractivity contribution is -0.120. The number of carbonyl (C=O) groups excluding carboxylic acids is 1. The Hall–Kier alpha value is -1.78. The third-order valence-electron chi connectivity index (χ3n) is 2.86. The zero-order valence-corrected chi connectivity index (χ0v) is 11.9. The van der Waals surface area contributed by atoms with E-state index in [4.69, 9.17) is 16.0 Å². The second-order valence-electron chi connectivity index (χ2n) is 4.57. The van der Waals surface area contributed by atoms with Crippen LogP contribution in [-0.2, 0) is 11.2 Å². The van der Waals surface area contributed by atoms with E-state index in [2.05, 4.69) is 5.32 Å². The van der Waals surface area contributed by atoms with Gasteiger partial charge >= 0.3 is 0 Å². The lowest BCUT2D eigenvalue weighted by Gasteiger charge is -2.09. The van der Waals surface area contributed by atoms with Crippen molar-refractivity contribution in [3.05, 3.63) is 58.5 Å². The van der Waals surface area contributed by atoms with Crippen LogP contribution in [0.2, 0.25) is 5.02 Å². The van der Waals surface area contributed by atoms with Crippen molar-refractivity contribution in [1.29, 1.82) is 0 Å². The molecule has 0 aliphatic carbocycles. The van der Waals surface area contributed by atoms with E-state index in [0.717, 1.165) is 11.3 Å². The summed E-state index contributed by atoms with van der Waals surface area (Å²) >= 11 is 5.78. The molecule has 1 unspecified atom stereocenters. The molecule has 1 atom stereocenters.